The minimum Gasteiger partial charge on any atom is -0.456 e. The van der Waals surface area contributed by atoms with Crippen LogP contribution in [0.4, 0.5) is 15.3 Å². The molecule has 0 spiro atoms. The van der Waals surface area contributed by atoms with Gasteiger partial charge < -0.3 is 34.5 Å². The summed E-state index contributed by atoms with van der Waals surface area (Å²) in [6.45, 7) is 20.1. The fourth-order valence-corrected chi connectivity index (χ4v) is 10.3. The molecule has 0 aromatic heterocycles. The summed E-state index contributed by atoms with van der Waals surface area (Å²) in [5, 5.41) is 0.295. The van der Waals surface area contributed by atoms with Gasteiger partial charge in [0.2, 0.25) is 20.0 Å². The van der Waals surface area contributed by atoms with Crippen LogP contribution in [0.1, 0.15) is 63.8 Å². The second kappa shape index (κ2) is 20.0. The van der Waals surface area contributed by atoms with Crippen molar-refractivity contribution in [2.24, 2.45) is 0 Å². The summed E-state index contributed by atoms with van der Waals surface area (Å²) in [6, 6.07) is 20.5. The Labute approximate surface area is 383 Å². The number of carbonyl (C=O) groups excluding carboxylic acids is 2. The molecule has 4 aromatic rings. The molecule has 0 saturated carbocycles. The van der Waals surface area contributed by atoms with E-state index in [9.17, 15) is 26.4 Å². The number of hydrogen-bond acceptors (Lipinski definition) is 11. The largest absolute Gasteiger partial charge is 0.456 e. The summed E-state index contributed by atoms with van der Waals surface area (Å²) < 4.78 is 79.2. The number of nitrogens with zero attached hydrogens (tertiary/aromatic N) is 4. The molecular formula is C46H60ClN5O10S2. The van der Waals surface area contributed by atoms with Crippen molar-refractivity contribution >= 4 is 49.5 Å². The minimum absolute atomic E-state index is 0.00220. The Morgan fingerprint density at radius 1 is 0.531 bits per heavy atom. The summed E-state index contributed by atoms with van der Waals surface area (Å²) >= 11 is 6.13. The van der Waals surface area contributed by atoms with Gasteiger partial charge >= 0.3 is 12.2 Å². The van der Waals surface area contributed by atoms with E-state index in [-0.39, 0.29) is 73.6 Å². The lowest BCUT2D eigenvalue weighted by Gasteiger charge is -2.35. The summed E-state index contributed by atoms with van der Waals surface area (Å²) in [6.07, 6.45) is -0.895. The molecule has 0 aliphatic carbocycles. The van der Waals surface area contributed by atoms with Crippen LogP contribution in [-0.4, -0.2) is 111 Å². The first-order chi connectivity index (χ1) is 29.7. The number of anilines is 1. The molecule has 6 rings (SSSR count). The topological polar surface area (TPSA) is 178 Å². The number of hydrogen-bond donors (Lipinski definition) is 1. The van der Waals surface area contributed by atoms with E-state index in [1.165, 1.54) is 30.5 Å². The Hall–Kier alpha value is -5.07. The van der Waals surface area contributed by atoms with E-state index < -0.39 is 43.4 Å². The van der Waals surface area contributed by atoms with E-state index in [4.69, 9.17) is 36.3 Å². The number of aryl methyl sites for hydroxylation is 4. The molecule has 2 fully saturated rings. The molecule has 15 nitrogen and oxygen atoms in total. The first-order valence-corrected chi connectivity index (χ1v) is 24.1. The highest BCUT2D eigenvalue weighted by Gasteiger charge is 2.36. The third-order valence-corrected chi connectivity index (χ3v) is 13.8. The van der Waals surface area contributed by atoms with Crippen LogP contribution in [0.2, 0.25) is 5.02 Å². The number of benzene rings is 4. The molecule has 2 N–H and O–H groups in total. The maximum Gasteiger partial charge on any atom is 0.410 e. The number of rotatable bonds is 8. The number of halogens is 1. The average Bonchev–Trinajstić information content (AvgIpc) is 3.17. The van der Waals surface area contributed by atoms with Gasteiger partial charge in [-0.2, -0.15) is 8.61 Å². The van der Waals surface area contributed by atoms with Gasteiger partial charge in [0.05, 0.1) is 0 Å². The third kappa shape index (κ3) is 13.5. The summed E-state index contributed by atoms with van der Waals surface area (Å²) in [7, 11) is -7.78. The molecule has 4 aromatic carbocycles. The Morgan fingerprint density at radius 2 is 0.875 bits per heavy atom. The van der Waals surface area contributed by atoms with Gasteiger partial charge in [-0.3, -0.25) is 0 Å². The fourth-order valence-electron chi connectivity index (χ4n) is 6.97. The maximum atomic E-state index is 13.4. The molecule has 2 amide bonds. The van der Waals surface area contributed by atoms with Crippen molar-refractivity contribution in [3.63, 3.8) is 0 Å². The van der Waals surface area contributed by atoms with Crippen molar-refractivity contribution in [1.29, 1.82) is 0 Å². The summed E-state index contributed by atoms with van der Waals surface area (Å²) in [4.78, 5) is 27.6. The van der Waals surface area contributed by atoms with Crippen molar-refractivity contribution in [1.82, 2.24) is 18.4 Å². The van der Waals surface area contributed by atoms with Crippen molar-refractivity contribution in [2.75, 3.05) is 58.1 Å². The lowest BCUT2D eigenvalue weighted by molar-refractivity contribution is 0.0183. The molecule has 64 heavy (non-hydrogen) atoms. The molecule has 0 bridgehead atoms. The van der Waals surface area contributed by atoms with Crippen LogP contribution in [0.25, 0.3) is 0 Å². The second-order valence-electron chi connectivity index (χ2n) is 17.9. The highest BCUT2D eigenvalue weighted by molar-refractivity contribution is 7.89. The lowest BCUT2D eigenvalue weighted by Crippen LogP contribution is -2.51. The van der Waals surface area contributed by atoms with Gasteiger partial charge in [0.25, 0.3) is 0 Å². The van der Waals surface area contributed by atoms with Crippen LogP contribution in [0, 0.1) is 27.7 Å². The third-order valence-electron chi connectivity index (χ3n) is 9.74. The Balaban J connectivity index is 0.000000241. The summed E-state index contributed by atoms with van der Waals surface area (Å²) in [5.41, 5.74) is 9.06. The molecule has 0 radical (unpaired) electrons. The van der Waals surface area contributed by atoms with Crippen LogP contribution in [-0.2, 0) is 29.5 Å². The van der Waals surface area contributed by atoms with Crippen molar-refractivity contribution in [2.45, 2.75) is 90.2 Å². The van der Waals surface area contributed by atoms with Crippen LogP contribution in [0.15, 0.2) is 82.6 Å². The van der Waals surface area contributed by atoms with Gasteiger partial charge in [-0.25, -0.2) is 26.4 Å². The van der Waals surface area contributed by atoms with Crippen LogP contribution in [0.5, 0.6) is 23.0 Å². The van der Waals surface area contributed by atoms with Crippen molar-refractivity contribution < 1.29 is 45.4 Å². The normalized spacial score (nSPS) is 15.5. The lowest BCUT2D eigenvalue weighted by atomic mass is 10.1. The SMILES string of the molecule is Cc1cc(C)cc(Oc2ccc(Cl)cc2S(=O)(=O)N2CCN(C(=O)OC(C)(C)C)CC2)c1.Cc1cc(C)cc(Oc2ccc(N)cc2S(=O)(=O)N2CCN(C(=O)OC(C)(C)C)CC2)c1. The van der Waals surface area contributed by atoms with Gasteiger partial charge in [0.1, 0.15) is 44.0 Å². The smallest absolute Gasteiger partial charge is 0.410 e. The number of amides is 2. The van der Waals surface area contributed by atoms with E-state index in [0.717, 1.165) is 22.3 Å². The van der Waals surface area contributed by atoms with Crippen LogP contribution < -0.4 is 15.2 Å². The number of carbonyl (C=O) groups is 2. The van der Waals surface area contributed by atoms with Crippen LogP contribution in [0.3, 0.4) is 0 Å². The molecule has 348 valence electrons. The number of sulfonamides is 2. The summed E-state index contributed by atoms with van der Waals surface area (Å²) in [5.74, 6) is 1.52. The first kappa shape index (κ1) is 49.9. The number of nitrogen functional groups attached to an aromatic ring is 1. The van der Waals surface area contributed by atoms with E-state index in [2.05, 4.69) is 0 Å². The number of piperazine rings is 2. The molecule has 2 saturated heterocycles. The van der Waals surface area contributed by atoms with Gasteiger partial charge in [0, 0.05) is 63.1 Å². The Bertz CT molecular complexity index is 2340. The minimum atomic E-state index is -3.89. The van der Waals surface area contributed by atoms with E-state index in [1.807, 2.05) is 64.1 Å². The molecular weight excluding hydrogens is 882 g/mol. The van der Waals surface area contributed by atoms with Gasteiger partial charge in [0.15, 0.2) is 0 Å². The number of nitrogens with two attached hydrogens (primary N) is 1. The van der Waals surface area contributed by atoms with Gasteiger partial charge in [-0.1, -0.05) is 23.7 Å². The molecule has 0 unspecified atom stereocenters. The zero-order chi connectivity index (χ0) is 47.4. The zero-order valence-corrected chi connectivity index (χ0v) is 40.6. The number of ether oxygens (including phenoxy) is 4. The van der Waals surface area contributed by atoms with Gasteiger partial charge in [-0.15, -0.1) is 0 Å². The molecule has 2 heterocycles. The predicted octanol–water partition coefficient (Wildman–Crippen LogP) is 8.91. The predicted molar refractivity (Wildman–Crippen MR) is 247 cm³/mol. The van der Waals surface area contributed by atoms with E-state index in [1.54, 1.807) is 65.8 Å². The van der Waals surface area contributed by atoms with E-state index in [0.29, 0.717) is 22.2 Å². The molecule has 2 aliphatic rings. The quantitative estimate of drug-likeness (QED) is 0.167. The Kier molecular flexibility index (Phi) is 15.6. The average molecular weight is 943 g/mol. The molecule has 2 aliphatic heterocycles. The first-order valence-electron chi connectivity index (χ1n) is 20.9. The Morgan fingerprint density at radius 3 is 1.23 bits per heavy atom. The highest BCUT2D eigenvalue weighted by Crippen LogP contribution is 2.36. The second-order valence-corrected chi connectivity index (χ2v) is 22.1. The highest BCUT2D eigenvalue weighted by atomic mass is 35.5. The molecule has 18 heteroatoms. The van der Waals surface area contributed by atoms with E-state index >= 15 is 0 Å². The zero-order valence-electron chi connectivity index (χ0n) is 38.2. The monoisotopic (exact) mass is 941 g/mol. The maximum absolute atomic E-state index is 13.4. The van der Waals surface area contributed by atoms with Crippen molar-refractivity contribution in [3.8, 4) is 23.0 Å². The molecule has 0 atom stereocenters. The standard InChI is InChI=1S/C23H29ClN2O5S.C23H31N3O5S/c2*1-16-12-17(2)14-19(13-16)30-20-7-6-18(24)15-21(20)32(28,29)26-10-8-25(9-11-26)22(27)31-23(3,4)5/h6-7,12-15H,8-11H2,1-5H3;6-7,12-15H,8-11,24H2,1-5H3. The van der Waals surface area contributed by atoms with Gasteiger partial charge in [-0.05, 0) is 152 Å². The van der Waals surface area contributed by atoms with Crippen molar-refractivity contribution in [3.05, 3.63) is 100 Å². The van der Waals surface area contributed by atoms with Crippen LogP contribution >= 0.6 is 11.6 Å². The fraction of sp³-hybridized carbons (Fsp3) is 0.435.